The Morgan fingerprint density at radius 3 is 2.40 bits per heavy atom. The van der Waals surface area contributed by atoms with Crippen molar-refractivity contribution in [3.8, 4) is 0 Å². The molecule has 1 atom stereocenters. The van der Waals surface area contributed by atoms with Gasteiger partial charge < -0.3 is 0 Å². The van der Waals surface area contributed by atoms with Gasteiger partial charge in [-0.1, -0.05) is 68.3 Å². The zero-order valence-corrected chi connectivity index (χ0v) is 14.0. The highest BCUT2D eigenvalue weighted by molar-refractivity contribution is 9.10. The second-order valence-corrected chi connectivity index (χ2v) is 7.05. The van der Waals surface area contributed by atoms with Crippen LogP contribution >= 0.6 is 31.9 Å². The van der Waals surface area contributed by atoms with Crippen molar-refractivity contribution in [2.24, 2.45) is 0 Å². The number of carbonyl (C=O) groups excluding carboxylic acids is 1. The van der Waals surface area contributed by atoms with E-state index in [4.69, 9.17) is 0 Å². The van der Waals surface area contributed by atoms with Crippen LogP contribution in [0.4, 0.5) is 0 Å². The van der Waals surface area contributed by atoms with Crippen molar-refractivity contribution in [3.63, 3.8) is 0 Å². The third kappa shape index (κ3) is 2.29. The average molecular weight is 392 g/mol. The second kappa shape index (κ2) is 5.30. The minimum Gasteiger partial charge on any atom is -0.293 e. The molecule has 0 saturated heterocycles. The summed E-state index contributed by atoms with van der Waals surface area (Å²) in [6.07, 6.45) is 0. The summed E-state index contributed by atoms with van der Waals surface area (Å²) in [5, 5.41) is 4.57. The molecule has 100 valence electrons. The van der Waals surface area contributed by atoms with E-state index >= 15 is 0 Å². The maximum atomic E-state index is 12.1. The number of hydrogen-bond donors (Lipinski definition) is 0. The topological polar surface area (TPSA) is 17.1 Å². The highest BCUT2D eigenvalue weighted by Gasteiger charge is 2.13. The van der Waals surface area contributed by atoms with Crippen molar-refractivity contribution in [2.45, 2.75) is 11.8 Å². The zero-order chi connectivity index (χ0) is 14.3. The molecule has 3 heteroatoms. The quantitative estimate of drug-likeness (QED) is 0.310. The molecule has 0 bridgehead atoms. The summed E-state index contributed by atoms with van der Waals surface area (Å²) in [5.41, 5.74) is 0.745. The molecule has 20 heavy (non-hydrogen) atoms. The molecule has 1 nitrogen and oxygen atoms in total. The first kappa shape index (κ1) is 13.8. The van der Waals surface area contributed by atoms with Gasteiger partial charge >= 0.3 is 0 Å². The minimum atomic E-state index is -0.165. The number of Topliss-reactive ketones (excluding diaryl/α,β-unsaturated/α-hetero) is 1. The van der Waals surface area contributed by atoms with Crippen LogP contribution in [0.25, 0.3) is 21.5 Å². The van der Waals surface area contributed by atoms with E-state index in [1.54, 1.807) is 0 Å². The number of fused-ring (bicyclic) bond motifs is 3. The lowest BCUT2D eigenvalue weighted by molar-refractivity contribution is 0.0996. The van der Waals surface area contributed by atoms with Gasteiger partial charge in [0.15, 0.2) is 5.78 Å². The zero-order valence-electron chi connectivity index (χ0n) is 10.9. The number of alkyl halides is 1. The Labute approximate surface area is 134 Å². The molecule has 0 aliphatic carbocycles. The Bertz CT molecular complexity index is 822. The van der Waals surface area contributed by atoms with Gasteiger partial charge in [-0.25, -0.2) is 0 Å². The van der Waals surface area contributed by atoms with Gasteiger partial charge in [-0.05, 0) is 40.6 Å². The van der Waals surface area contributed by atoms with Gasteiger partial charge in [0.2, 0.25) is 0 Å². The molecule has 0 aromatic heterocycles. The van der Waals surface area contributed by atoms with Gasteiger partial charge in [-0.15, -0.1) is 0 Å². The summed E-state index contributed by atoms with van der Waals surface area (Å²) in [6, 6.07) is 16.2. The molecule has 0 aliphatic heterocycles. The summed E-state index contributed by atoms with van der Waals surface area (Å²) in [4.78, 5) is 12.0. The molecule has 0 spiro atoms. The Morgan fingerprint density at radius 1 is 1.00 bits per heavy atom. The molecule has 0 amide bonds. The molecule has 0 radical (unpaired) electrons. The normalized spacial score (nSPS) is 12.8. The van der Waals surface area contributed by atoms with Crippen LogP contribution in [0.1, 0.15) is 17.3 Å². The molecule has 3 aromatic rings. The van der Waals surface area contributed by atoms with E-state index in [1.165, 1.54) is 0 Å². The molecule has 3 aromatic carbocycles. The smallest absolute Gasteiger partial charge is 0.176 e. The number of benzene rings is 3. The number of rotatable bonds is 2. The lowest BCUT2D eigenvalue weighted by Gasteiger charge is -2.09. The largest absolute Gasteiger partial charge is 0.293 e. The van der Waals surface area contributed by atoms with Crippen LogP contribution in [0, 0.1) is 0 Å². The Hall–Kier alpha value is -1.19. The van der Waals surface area contributed by atoms with Crippen molar-refractivity contribution in [3.05, 3.63) is 58.6 Å². The highest BCUT2D eigenvalue weighted by Crippen LogP contribution is 2.32. The number of hydrogen-bond acceptors (Lipinski definition) is 1. The molecule has 0 heterocycles. The fourth-order valence-electron chi connectivity index (χ4n) is 2.44. The molecular formula is C17H12Br2O. The summed E-state index contributed by atoms with van der Waals surface area (Å²) in [6.45, 7) is 1.85. The third-order valence-electron chi connectivity index (χ3n) is 3.46. The van der Waals surface area contributed by atoms with Crippen molar-refractivity contribution >= 4 is 59.2 Å². The van der Waals surface area contributed by atoms with Gasteiger partial charge in [0.25, 0.3) is 0 Å². The van der Waals surface area contributed by atoms with Crippen LogP contribution in [0.15, 0.2) is 53.0 Å². The molecular weight excluding hydrogens is 380 g/mol. The summed E-state index contributed by atoms with van der Waals surface area (Å²) in [7, 11) is 0. The first-order valence-corrected chi connectivity index (χ1v) is 8.08. The molecule has 0 unspecified atom stereocenters. The third-order valence-corrected chi connectivity index (χ3v) is 4.53. The lowest BCUT2D eigenvalue weighted by Crippen LogP contribution is -2.09. The van der Waals surface area contributed by atoms with Crippen LogP contribution in [0.3, 0.4) is 0 Å². The van der Waals surface area contributed by atoms with Crippen LogP contribution in [-0.2, 0) is 0 Å². The van der Waals surface area contributed by atoms with Crippen LogP contribution in [0.2, 0.25) is 0 Å². The molecule has 0 N–H and O–H groups in total. The van der Waals surface area contributed by atoms with E-state index < -0.39 is 0 Å². The van der Waals surface area contributed by atoms with E-state index in [2.05, 4.69) is 50.1 Å². The lowest BCUT2D eigenvalue weighted by atomic mass is 9.98. The van der Waals surface area contributed by atoms with E-state index in [0.717, 1.165) is 31.6 Å². The van der Waals surface area contributed by atoms with Gasteiger partial charge in [0.05, 0.1) is 4.83 Å². The summed E-state index contributed by atoms with van der Waals surface area (Å²) in [5.74, 6) is 0.110. The fourth-order valence-corrected chi connectivity index (χ4v) is 3.30. The van der Waals surface area contributed by atoms with Crippen LogP contribution < -0.4 is 0 Å². The average Bonchev–Trinajstić information content (AvgIpc) is 2.46. The molecule has 0 saturated carbocycles. The van der Waals surface area contributed by atoms with Crippen molar-refractivity contribution in [1.82, 2.24) is 0 Å². The van der Waals surface area contributed by atoms with E-state index in [0.29, 0.717) is 0 Å². The van der Waals surface area contributed by atoms with Gasteiger partial charge in [-0.2, -0.15) is 0 Å². The van der Waals surface area contributed by atoms with Crippen LogP contribution in [0.5, 0.6) is 0 Å². The fraction of sp³-hybridized carbons (Fsp3) is 0.118. The molecule has 0 aliphatic rings. The van der Waals surface area contributed by atoms with E-state index in [9.17, 15) is 4.79 Å². The van der Waals surface area contributed by atoms with Gasteiger partial charge in [0.1, 0.15) is 0 Å². The van der Waals surface area contributed by atoms with E-state index in [1.807, 2.05) is 37.3 Å². The Kier molecular flexibility index (Phi) is 3.65. The number of halogens is 2. The predicted octanol–water partition coefficient (Wildman–Crippen LogP) is 5.72. The maximum absolute atomic E-state index is 12.1. The molecule has 0 fully saturated rings. The molecule has 3 rings (SSSR count). The van der Waals surface area contributed by atoms with Crippen molar-refractivity contribution < 1.29 is 4.79 Å². The Balaban J connectivity index is 2.35. The SMILES string of the molecule is C[C@@H](Br)C(=O)c1ccc2cc(Br)c3ccccc3c2c1. The van der Waals surface area contributed by atoms with Gasteiger partial charge in [-0.3, -0.25) is 4.79 Å². The van der Waals surface area contributed by atoms with Crippen molar-refractivity contribution in [2.75, 3.05) is 0 Å². The maximum Gasteiger partial charge on any atom is 0.176 e. The van der Waals surface area contributed by atoms with Gasteiger partial charge in [0, 0.05) is 10.0 Å². The predicted molar refractivity (Wildman–Crippen MR) is 91.9 cm³/mol. The minimum absolute atomic E-state index is 0.110. The van der Waals surface area contributed by atoms with Crippen molar-refractivity contribution in [1.29, 1.82) is 0 Å². The first-order chi connectivity index (χ1) is 9.58. The summed E-state index contributed by atoms with van der Waals surface area (Å²) < 4.78 is 1.08. The first-order valence-electron chi connectivity index (χ1n) is 6.37. The Morgan fingerprint density at radius 2 is 1.70 bits per heavy atom. The van der Waals surface area contributed by atoms with E-state index in [-0.39, 0.29) is 10.6 Å². The second-order valence-electron chi connectivity index (χ2n) is 4.82. The monoisotopic (exact) mass is 390 g/mol. The summed E-state index contributed by atoms with van der Waals surface area (Å²) >= 11 is 6.96. The number of carbonyl (C=O) groups is 1. The highest BCUT2D eigenvalue weighted by atomic mass is 79.9. The standard InChI is InChI=1S/C17H12Br2O/c1-10(18)17(20)12-7-6-11-9-16(19)14-5-3-2-4-13(14)15(11)8-12/h2-10H,1H3/t10-/m1/s1. The van der Waals surface area contributed by atoms with Crippen LogP contribution in [-0.4, -0.2) is 10.6 Å². The number of ketones is 1.